The molecule has 0 spiro atoms. The van der Waals surface area contributed by atoms with E-state index in [1.54, 1.807) is 7.11 Å². The summed E-state index contributed by atoms with van der Waals surface area (Å²) in [5.41, 5.74) is 1.27. The van der Waals surface area contributed by atoms with E-state index in [4.69, 9.17) is 4.74 Å². The summed E-state index contributed by atoms with van der Waals surface area (Å²) in [7, 11) is 1.56. The van der Waals surface area contributed by atoms with Gasteiger partial charge in [-0.2, -0.15) is 0 Å². The van der Waals surface area contributed by atoms with Crippen molar-refractivity contribution in [2.75, 3.05) is 26.8 Å². The number of nitrogens with zero attached hydrogens (tertiary/aromatic N) is 1. The van der Waals surface area contributed by atoms with E-state index < -0.39 is 0 Å². The summed E-state index contributed by atoms with van der Waals surface area (Å²) >= 11 is 3.56. The Balaban J connectivity index is 1.75. The molecule has 1 amide bonds. The van der Waals surface area contributed by atoms with Gasteiger partial charge in [0.15, 0.2) is 0 Å². The van der Waals surface area contributed by atoms with Crippen LogP contribution in [0.1, 0.15) is 18.4 Å². The highest BCUT2D eigenvalue weighted by Gasteiger charge is 2.22. The Morgan fingerprint density at radius 2 is 2.10 bits per heavy atom. The van der Waals surface area contributed by atoms with Gasteiger partial charge in [0.25, 0.3) is 0 Å². The van der Waals surface area contributed by atoms with Gasteiger partial charge in [-0.15, -0.1) is 0 Å². The highest BCUT2D eigenvalue weighted by atomic mass is 79.9. The molecule has 1 N–H and O–H groups in total. The van der Waals surface area contributed by atoms with Gasteiger partial charge in [0, 0.05) is 37.3 Å². The van der Waals surface area contributed by atoms with Crippen molar-refractivity contribution >= 4 is 21.8 Å². The first-order valence-corrected chi connectivity index (χ1v) is 7.73. The molecule has 1 aliphatic heterocycles. The second kappa shape index (κ2) is 7.76. The van der Waals surface area contributed by atoms with Crippen molar-refractivity contribution in [3.05, 3.63) is 34.3 Å². The Kier molecular flexibility index (Phi) is 6.01. The molecule has 0 saturated carbocycles. The number of rotatable bonds is 5. The molecular formula is C15H21BrN2O2. The van der Waals surface area contributed by atoms with Crippen molar-refractivity contribution in [1.29, 1.82) is 0 Å². The standard InChI is InChI=1S/C15H21BrN2O2/c1-20-11-15(19)18-8-6-13(7-9-18)17-10-12-4-2-3-5-14(12)16/h2-5,13,17H,6-11H2,1H3. The van der Waals surface area contributed by atoms with Crippen LogP contribution in [0.25, 0.3) is 0 Å². The summed E-state index contributed by atoms with van der Waals surface area (Å²) in [4.78, 5) is 13.6. The van der Waals surface area contributed by atoms with Crippen LogP contribution in [-0.2, 0) is 16.1 Å². The number of methoxy groups -OCH3 is 1. The first-order chi connectivity index (χ1) is 9.70. The van der Waals surface area contributed by atoms with Gasteiger partial charge in [-0.1, -0.05) is 34.1 Å². The normalized spacial score (nSPS) is 16.4. The summed E-state index contributed by atoms with van der Waals surface area (Å²) in [6.07, 6.45) is 2.00. The third-order valence-electron chi connectivity index (χ3n) is 3.65. The van der Waals surface area contributed by atoms with Crippen LogP contribution in [-0.4, -0.2) is 43.7 Å². The minimum atomic E-state index is 0.0942. The lowest BCUT2D eigenvalue weighted by molar-refractivity contribution is -0.136. The van der Waals surface area contributed by atoms with Crippen molar-refractivity contribution in [1.82, 2.24) is 10.2 Å². The maximum absolute atomic E-state index is 11.7. The molecule has 0 aromatic heterocycles. The van der Waals surface area contributed by atoms with Crippen molar-refractivity contribution in [2.45, 2.75) is 25.4 Å². The summed E-state index contributed by atoms with van der Waals surface area (Å²) < 4.78 is 6.03. The molecule has 0 aliphatic carbocycles. The van der Waals surface area contributed by atoms with Crippen molar-refractivity contribution in [3.63, 3.8) is 0 Å². The van der Waals surface area contributed by atoms with Gasteiger partial charge in [0.05, 0.1) is 0 Å². The van der Waals surface area contributed by atoms with Gasteiger partial charge < -0.3 is 15.0 Å². The van der Waals surface area contributed by atoms with Crippen LogP contribution in [0.2, 0.25) is 0 Å². The first kappa shape index (κ1) is 15.5. The molecule has 0 atom stereocenters. The van der Waals surface area contributed by atoms with E-state index >= 15 is 0 Å². The molecule has 1 aliphatic rings. The smallest absolute Gasteiger partial charge is 0.248 e. The molecule has 1 aromatic rings. The number of amides is 1. The topological polar surface area (TPSA) is 41.6 Å². The van der Waals surface area contributed by atoms with Gasteiger partial charge in [-0.25, -0.2) is 0 Å². The average molecular weight is 341 g/mol. The van der Waals surface area contributed by atoms with Gasteiger partial charge >= 0.3 is 0 Å². The predicted molar refractivity (Wildman–Crippen MR) is 82.5 cm³/mol. The number of ether oxygens (including phenoxy) is 1. The molecule has 1 heterocycles. The Morgan fingerprint density at radius 1 is 1.40 bits per heavy atom. The van der Waals surface area contributed by atoms with Gasteiger partial charge in [0.2, 0.25) is 5.91 Å². The minimum absolute atomic E-state index is 0.0942. The van der Waals surface area contributed by atoms with Crippen LogP contribution in [0.15, 0.2) is 28.7 Å². The molecule has 110 valence electrons. The van der Waals surface area contributed by atoms with Crippen LogP contribution < -0.4 is 5.32 Å². The number of carbonyl (C=O) groups is 1. The second-order valence-electron chi connectivity index (χ2n) is 5.06. The lowest BCUT2D eigenvalue weighted by Gasteiger charge is -2.32. The fourth-order valence-electron chi connectivity index (χ4n) is 2.44. The number of carbonyl (C=O) groups excluding carboxylic acids is 1. The molecule has 20 heavy (non-hydrogen) atoms. The zero-order chi connectivity index (χ0) is 14.4. The fourth-order valence-corrected chi connectivity index (χ4v) is 2.87. The average Bonchev–Trinajstić information content (AvgIpc) is 2.47. The number of benzene rings is 1. The molecule has 1 aromatic carbocycles. The first-order valence-electron chi connectivity index (χ1n) is 6.94. The van der Waals surface area contributed by atoms with E-state index in [0.29, 0.717) is 6.04 Å². The number of halogens is 1. The van der Waals surface area contributed by atoms with Gasteiger partial charge in [0.1, 0.15) is 6.61 Å². The minimum Gasteiger partial charge on any atom is -0.375 e. The van der Waals surface area contributed by atoms with E-state index in [1.165, 1.54) is 5.56 Å². The highest BCUT2D eigenvalue weighted by Crippen LogP contribution is 2.17. The van der Waals surface area contributed by atoms with E-state index in [1.807, 2.05) is 17.0 Å². The number of hydrogen-bond donors (Lipinski definition) is 1. The molecule has 0 bridgehead atoms. The van der Waals surface area contributed by atoms with Crippen molar-refractivity contribution in [3.8, 4) is 0 Å². The van der Waals surface area contributed by atoms with Gasteiger partial charge in [-0.05, 0) is 24.5 Å². The Morgan fingerprint density at radius 3 is 2.75 bits per heavy atom. The molecule has 4 nitrogen and oxygen atoms in total. The number of nitrogens with one attached hydrogen (secondary N) is 1. The fraction of sp³-hybridized carbons (Fsp3) is 0.533. The molecule has 1 saturated heterocycles. The molecule has 0 radical (unpaired) electrons. The van der Waals surface area contributed by atoms with E-state index in [9.17, 15) is 4.79 Å². The third-order valence-corrected chi connectivity index (χ3v) is 4.43. The number of likely N-dealkylation sites (tertiary alicyclic amines) is 1. The molecule has 1 fully saturated rings. The largest absolute Gasteiger partial charge is 0.375 e. The van der Waals surface area contributed by atoms with E-state index in [2.05, 4.69) is 33.4 Å². The van der Waals surface area contributed by atoms with Crippen LogP contribution in [0.5, 0.6) is 0 Å². The van der Waals surface area contributed by atoms with Crippen LogP contribution >= 0.6 is 15.9 Å². The Hall–Kier alpha value is -0.910. The predicted octanol–water partition coefficient (Wildman–Crippen LogP) is 2.18. The lowest BCUT2D eigenvalue weighted by Crippen LogP contribution is -2.45. The number of hydrogen-bond acceptors (Lipinski definition) is 3. The second-order valence-corrected chi connectivity index (χ2v) is 5.91. The Labute approximate surface area is 128 Å². The monoisotopic (exact) mass is 340 g/mol. The maximum Gasteiger partial charge on any atom is 0.248 e. The maximum atomic E-state index is 11.7. The zero-order valence-corrected chi connectivity index (χ0v) is 13.4. The van der Waals surface area contributed by atoms with E-state index in [-0.39, 0.29) is 12.5 Å². The summed E-state index contributed by atoms with van der Waals surface area (Å²) in [5, 5.41) is 3.57. The van der Waals surface area contributed by atoms with Crippen molar-refractivity contribution in [2.24, 2.45) is 0 Å². The molecular weight excluding hydrogens is 320 g/mol. The van der Waals surface area contributed by atoms with Crippen LogP contribution in [0, 0.1) is 0 Å². The SMILES string of the molecule is COCC(=O)N1CCC(NCc2ccccc2Br)CC1. The van der Waals surface area contributed by atoms with Crippen molar-refractivity contribution < 1.29 is 9.53 Å². The molecule has 0 unspecified atom stereocenters. The highest BCUT2D eigenvalue weighted by molar-refractivity contribution is 9.10. The third kappa shape index (κ3) is 4.30. The quantitative estimate of drug-likeness (QED) is 0.893. The van der Waals surface area contributed by atoms with Crippen LogP contribution in [0.3, 0.4) is 0 Å². The van der Waals surface area contributed by atoms with E-state index in [0.717, 1.165) is 36.9 Å². The molecule has 2 rings (SSSR count). The van der Waals surface area contributed by atoms with Gasteiger partial charge in [-0.3, -0.25) is 4.79 Å². The summed E-state index contributed by atoms with van der Waals surface area (Å²) in [6, 6.07) is 8.73. The zero-order valence-electron chi connectivity index (χ0n) is 11.8. The Bertz CT molecular complexity index is 445. The van der Waals surface area contributed by atoms with Crippen LogP contribution in [0.4, 0.5) is 0 Å². The number of piperidine rings is 1. The molecule has 5 heteroatoms. The lowest BCUT2D eigenvalue weighted by atomic mass is 10.0. The summed E-state index contributed by atoms with van der Waals surface area (Å²) in [6.45, 7) is 2.68. The summed E-state index contributed by atoms with van der Waals surface area (Å²) in [5.74, 6) is 0.0942.